The van der Waals surface area contributed by atoms with Crippen molar-refractivity contribution in [3.63, 3.8) is 0 Å². The summed E-state index contributed by atoms with van der Waals surface area (Å²) in [5.74, 6) is 0. The molecule has 1 aliphatic heterocycles. The predicted molar refractivity (Wildman–Crippen MR) is 86.4 cm³/mol. The van der Waals surface area contributed by atoms with E-state index < -0.39 is 0 Å². The fourth-order valence-electron chi connectivity index (χ4n) is 2.66. The van der Waals surface area contributed by atoms with Gasteiger partial charge in [-0.15, -0.1) is 24.8 Å². The molecule has 1 rings (SSSR count). The second-order valence-corrected chi connectivity index (χ2v) is 5.04. The molecule has 112 valence electrons. The number of halogens is 2. The third-order valence-electron chi connectivity index (χ3n) is 3.77. The van der Waals surface area contributed by atoms with Gasteiger partial charge >= 0.3 is 0 Å². The fourth-order valence-corrected chi connectivity index (χ4v) is 2.66. The van der Waals surface area contributed by atoms with Crippen molar-refractivity contribution in [1.82, 2.24) is 10.2 Å². The average Bonchev–Trinajstić information content (AvgIpc) is 2.34. The summed E-state index contributed by atoms with van der Waals surface area (Å²) in [6, 6.07) is 0.810. The largest absolute Gasteiger partial charge is 0.314 e. The molecule has 1 fully saturated rings. The van der Waals surface area contributed by atoms with E-state index in [0.29, 0.717) is 0 Å². The zero-order valence-corrected chi connectivity index (χ0v) is 13.8. The first-order valence-corrected chi connectivity index (χ1v) is 7.33. The highest BCUT2D eigenvalue weighted by atomic mass is 35.5. The summed E-state index contributed by atoms with van der Waals surface area (Å²) in [6.07, 6.45) is 9.92. The number of nitrogens with one attached hydrogen (secondary N) is 1. The maximum atomic E-state index is 3.52. The lowest BCUT2D eigenvalue weighted by molar-refractivity contribution is 0.158. The first-order chi connectivity index (χ1) is 7.88. The van der Waals surface area contributed by atoms with E-state index in [4.69, 9.17) is 0 Å². The summed E-state index contributed by atoms with van der Waals surface area (Å²) in [5.41, 5.74) is 0. The highest BCUT2D eigenvalue weighted by molar-refractivity contribution is 5.85. The maximum Gasteiger partial charge on any atom is 0.0221 e. The van der Waals surface area contributed by atoms with Crippen LogP contribution in [-0.2, 0) is 0 Å². The molecule has 0 aromatic rings. The fraction of sp³-hybridized carbons (Fsp3) is 1.00. The first-order valence-electron chi connectivity index (χ1n) is 7.33. The molecule has 1 aliphatic rings. The van der Waals surface area contributed by atoms with Crippen molar-refractivity contribution in [2.24, 2.45) is 0 Å². The number of likely N-dealkylation sites (N-methyl/N-ethyl adjacent to an activating group) is 1. The molecule has 1 N–H and O–H groups in total. The summed E-state index contributed by atoms with van der Waals surface area (Å²) in [5, 5.41) is 3.52. The molecule has 0 bridgehead atoms. The smallest absolute Gasteiger partial charge is 0.0221 e. The molecule has 0 aromatic carbocycles. The van der Waals surface area contributed by atoms with Gasteiger partial charge in [-0.2, -0.15) is 0 Å². The van der Waals surface area contributed by atoms with E-state index in [-0.39, 0.29) is 24.8 Å². The summed E-state index contributed by atoms with van der Waals surface area (Å²) in [7, 11) is 0. The number of rotatable bonds is 8. The quantitative estimate of drug-likeness (QED) is 0.684. The van der Waals surface area contributed by atoms with Gasteiger partial charge in [-0.3, -0.25) is 4.90 Å². The van der Waals surface area contributed by atoms with Crippen molar-refractivity contribution < 1.29 is 0 Å². The van der Waals surface area contributed by atoms with Gasteiger partial charge in [0.1, 0.15) is 0 Å². The molecular weight excluding hydrogens is 267 g/mol. The standard InChI is InChI=1S/C14H30N2.2ClH/c1-3-5-6-7-8-9-10-14-13-15-11-12-16(14)4-2;;/h14-15H,3-13H2,1-2H3;2*1H. The second kappa shape index (κ2) is 13.9. The van der Waals surface area contributed by atoms with Crippen LogP contribution in [0.2, 0.25) is 0 Å². The topological polar surface area (TPSA) is 15.3 Å². The highest BCUT2D eigenvalue weighted by Gasteiger charge is 2.19. The Hall–Kier alpha value is 0.500. The Labute approximate surface area is 126 Å². The van der Waals surface area contributed by atoms with E-state index in [2.05, 4.69) is 24.1 Å². The van der Waals surface area contributed by atoms with Gasteiger partial charge in [0.15, 0.2) is 0 Å². The van der Waals surface area contributed by atoms with Crippen LogP contribution in [0.15, 0.2) is 0 Å². The van der Waals surface area contributed by atoms with Gasteiger partial charge in [0, 0.05) is 25.7 Å². The van der Waals surface area contributed by atoms with Crippen LogP contribution in [0, 0.1) is 0 Å². The summed E-state index contributed by atoms with van der Waals surface area (Å²) in [6.45, 7) is 9.44. The molecule has 4 heteroatoms. The molecule has 0 aliphatic carbocycles. The van der Waals surface area contributed by atoms with Crippen molar-refractivity contribution in [2.45, 2.75) is 64.8 Å². The molecule has 0 amide bonds. The summed E-state index contributed by atoms with van der Waals surface area (Å²) in [4.78, 5) is 2.64. The highest BCUT2D eigenvalue weighted by Crippen LogP contribution is 2.13. The molecule has 0 saturated carbocycles. The van der Waals surface area contributed by atoms with Crippen LogP contribution >= 0.6 is 24.8 Å². The molecule has 2 nitrogen and oxygen atoms in total. The Morgan fingerprint density at radius 2 is 1.67 bits per heavy atom. The van der Waals surface area contributed by atoms with Crippen LogP contribution in [0.25, 0.3) is 0 Å². The zero-order chi connectivity index (χ0) is 11.6. The van der Waals surface area contributed by atoms with Crippen LogP contribution in [0.1, 0.15) is 58.8 Å². The van der Waals surface area contributed by atoms with Gasteiger partial charge < -0.3 is 5.32 Å². The van der Waals surface area contributed by atoms with Crippen LogP contribution < -0.4 is 5.32 Å². The van der Waals surface area contributed by atoms with Crippen molar-refractivity contribution in [3.8, 4) is 0 Å². The maximum absolute atomic E-state index is 3.52. The molecule has 1 saturated heterocycles. The molecular formula is C14H32Cl2N2. The number of nitrogens with zero attached hydrogens (tertiary/aromatic N) is 1. The molecule has 18 heavy (non-hydrogen) atoms. The van der Waals surface area contributed by atoms with Gasteiger partial charge in [-0.25, -0.2) is 0 Å². The van der Waals surface area contributed by atoms with E-state index in [1.807, 2.05) is 0 Å². The van der Waals surface area contributed by atoms with Crippen molar-refractivity contribution >= 4 is 24.8 Å². The van der Waals surface area contributed by atoms with Crippen LogP contribution in [0.5, 0.6) is 0 Å². The predicted octanol–water partition coefficient (Wildman–Crippen LogP) is 3.87. The van der Waals surface area contributed by atoms with Gasteiger partial charge in [0.05, 0.1) is 0 Å². The SMILES string of the molecule is CCCCCCCCC1CNCCN1CC.Cl.Cl. The van der Waals surface area contributed by atoms with E-state index in [1.54, 1.807) is 0 Å². The molecule has 1 atom stereocenters. The van der Waals surface area contributed by atoms with Crippen LogP contribution in [-0.4, -0.2) is 37.1 Å². The lowest BCUT2D eigenvalue weighted by atomic mass is 10.0. The van der Waals surface area contributed by atoms with E-state index in [9.17, 15) is 0 Å². The zero-order valence-electron chi connectivity index (χ0n) is 12.1. The Kier molecular flexibility index (Phi) is 16.1. The Bertz CT molecular complexity index is 168. The monoisotopic (exact) mass is 298 g/mol. The minimum atomic E-state index is 0. The van der Waals surface area contributed by atoms with Crippen molar-refractivity contribution in [1.29, 1.82) is 0 Å². The number of piperazine rings is 1. The third-order valence-corrected chi connectivity index (χ3v) is 3.77. The van der Waals surface area contributed by atoms with Gasteiger partial charge in [0.2, 0.25) is 0 Å². The molecule has 1 heterocycles. The van der Waals surface area contributed by atoms with E-state index in [0.717, 1.165) is 6.04 Å². The van der Waals surface area contributed by atoms with Crippen molar-refractivity contribution in [3.05, 3.63) is 0 Å². The van der Waals surface area contributed by atoms with Crippen molar-refractivity contribution in [2.75, 3.05) is 26.2 Å². The van der Waals surface area contributed by atoms with E-state index >= 15 is 0 Å². The number of hydrogen-bond donors (Lipinski definition) is 1. The molecule has 1 unspecified atom stereocenters. The second-order valence-electron chi connectivity index (χ2n) is 5.04. The first kappa shape index (κ1) is 20.8. The summed E-state index contributed by atoms with van der Waals surface area (Å²) < 4.78 is 0. The number of unbranched alkanes of at least 4 members (excludes halogenated alkanes) is 5. The van der Waals surface area contributed by atoms with Gasteiger partial charge in [-0.1, -0.05) is 52.4 Å². The van der Waals surface area contributed by atoms with Gasteiger partial charge in [-0.05, 0) is 13.0 Å². The van der Waals surface area contributed by atoms with E-state index in [1.165, 1.54) is 71.1 Å². The van der Waals surface area contributed by atoms with Gasteiger partial charge in [0.25, 0.3) is 0 Å². The Morgan fingerprint density at radius 1 is 1.00 bits per heavy atom. The molecule has 0 spiro atoms. The Balaban J connectivity index is 0. The minimum absolute atomic E-state index is 0. The molecule has 0 aromatic heterocycles. The Morgan fingerprint density at radius 3 is 2.33 bits per heavy atom. The average molecular weight is 299 g/mol. The lowest BCUT2D eigenvalue weighted by Crippen LogP contribution is -2.50. The van der Waals surface area contributed by atoms with Crippen LogP contribution in [0.4, 0.5) is 0 Å². The lowest BCUT2D eigenvalue weighted by Gasteiger charge is -2.35. The molecule has 0 radical (unpaired) electrons. The normalized spacial score (nSPS) is 20.0. The third kappa shape index (κ3) is 8.58. The van der Waals surface area contributed by atoms with Crippen LogP contribution in [0.3, 0.4) is 0 Å². The number of hydrogen-bond acceptors (Lipinski definition) is 2. The summed E-state index contributed by atoms with van der Waals surface area (Å²) >= 11 is 0. The minimum Gasteiger partial charge on any atom is -0.314 e.